The minimum absolute atomic E-state index is 0.109. The Kier molecular flexibility index (Phi) is 3.99. The molecular formula is C6H15NO3S. The van der Waals surface area contributed by atoms with E-state index in [0.717, 1.165) is 0 Å². The molecule has 0 saturated heterocycles. The van der Waals surface area contributed by atoms with Gasteiger partial charge in [-0.2, -0.15) is 0 Å². The minimum atomic E-state index is -3.22. The molecule has 1 unspecified atom stereocenters. The van der Waals surface area contributed by atoms with Gasteiger partial charge in [-0.15, -0.1) is 0 Å². The molecule has 4 nitrogen and oxygen atoms in total. The fraction of sp³-hybridized carbons (Fsp3) is 1.00. The highest BCUT2D eigenvalue weighted by Crippen LogP contribution is 2.09. The Balaban J connectivity index is 4.36. The Hall–Kier alpha value is -0.130. The van der Waals surface area contributed by atoms with Gasteiger partial charge in [-0.05, 0) is 19.9 Å². The Bertz CT molecular complexity index is 200. The normalized spacial score (nSPS) is 17.8. The van der Waals surface area contributed by atoms with Crippen LogP contribution in [0.15, 0.2) is 0 Å². The summed E-state index contributed by atoms with van der Waals surface area (Å²) < 4.78 is 24.4. The molecule has 0 heterocycles. The van der Waals surface area contributed by atoms with Crippen molar-refractivity contribution in [2.75, 3.05) is 13.7 Å². The Morgan fingerprint density at radius 1 is 1.45 bits per heavy atom. The molecule has 0 fully saturated rings. The maximum Gasteiger partial charge on any atom is 0.214 e. The van der Waals surface area contributed by atoms with Crippen molar-refractivity contribution in [1.82, 2.24) is 4.72 Å². The van der Waals surface area contributed by atoms with E-state index in [0.29, 0.717) is 0 Å². The smallest absolute Gasteiger partial charge is 0.214 e. The van der Waals surface area contributed by atoms with E-state index in [9.17, 15) is 8.42 Å². The van der Waals surface area contributed by atoms with E-state index < -0.39 is 15.3 Å². The molecular weight excluding hydrogens is 166 g/mol. The molecule has 68 valence electrons. The quantitative estimate of drug-likeness (QED) is 0.617. The minimum Gasteiger partial charge on any atom is -0.396 e. The summed E-state index contributed by atoms with van der Waals surface area (Å²) in [4.78, 5) is 0. The van der Waals surface area contributed by atoms with Crippen LogP contribution in [0.4, 0.5) is 0 Å². The lowest BCUT2D eigenvalue weighted by Gasteiger charge is -2.16. The summed E-state index contributed by atoms with van der Waals surface area (Å²) in [5.74, 6) is -0.229. The average molecular weight is 181 g/mol. The SMILES string of the molecule is CNS(=O)(=O)C(C)[C@H](C)CO. The van der Waals surface area contributed by atoms with Gasteiger partial charge >= 0.3 is 0 Å². The van der Waals surface area contributed by atoms with Gasteiger partial charge in [-0.3, -0.25) is 0 Å². The molecule has 2 N–H and O–H groups in total. The number of rotatable bonds is 4. The molecule has 0 aliphatic heterocycles. The summed E-state index contributed by atoms with van der Waals surface area (Å²) in [6, 6.07) is 0. The summed E-state index contributed by atoms with van der Waals surface area (Å²) in [6.45, 7) is 3.16. The summed E-state index contributed by atoms with van der Waals surface area (Å²) in [5, 5.41) is 8.13. The third-order valence-corrected chi connectivity index (χ3v) is 3.88. The molecule has 0 radical (unpaired) electrons. The molecule has 0 amide bonds. The zero-order chi connectivity index (χ0) is 9.07. The molecule has 0 rings (SSSR count). The molecule has 0 aromatic carbocycles. The van der Waals surface area contributed by atoms with Crippen LogP contribution < -0.4 is 4.72 Å². The number of sulfonamides is 1. The van der Waals surface area contributed by atoms with Crippen LogP contribution in [0, 0.1) is 5.92 Å². The summed E-state index contributed by atoms with van der Waals surface area (Å²) >= 11 is 0. The first-order valence-electron chi connectivity index (χ1n) is 3.49. The van der Waals surface area contributed by atoms with Crippen LogP contribution >= 0.6 is 0 Å². The highest BCUT2D eigenvalue weighted by Gasteiger charge is 2.23. The number of aliphatic hydroxyl groups excluding tert-OH is 1. The van der Waals surface area contributed by atoms with E-state index in [1.54, 1.807) is 13.8 Å². The zero-order valence-electron chi connectivity index (χ0n) is 7.03. The first-order valence-corrected chi connectivity index (χ1v) is 5.03. The van der Waals surface area contributed by atoms with Gasteiger partial charge in [0.15, 0.2) is 0 Å². The molecule has 0 aliphatic carbocycles. The molecule has 0 aromatic rings. The number of hydrogen-bond donors (Lipinski definition) is 2. The first-order chi connectivity index (χ1) is 4.95. The van der Waals surface area contributed by atoms with Crippen molar-refractivity contribution >= 4 is 10.0 Å². The maximum atomic E-state index is 11.1. The summed E-state index contributed by atoms with van der Waals surface area (Å²) in [5.41, 5.74) is 0. The number of hydrogen-bond acceptors (Lipinski definition) is 3. The van der Waals surface area contributed by atoms with Crippen molar-refractivity contribution in [3.05, 3.63) is 0 Å². The second-order valence-corrected chi connectivity index (χ2v) is 4.86. The van der Waals surface area contributed by atoms with E-state index in [4.69, 9.17) is 5.11 Å². The van der Waals surface area contributed by atoms with Crippen LogP contribution in [-0.4, -0.2) is 32.4 Å². The standard InChI is InChI=1S/C6H15NO3S/c1-5(4-8)6(2)11(9,10)7-3/h5-8H,4H2,1-3H3/t5-,6?/m1/s1. The largest absolute Gasteiger partial charge is 0.396 e. The fourth-order valence-electron chi connectivity index (χ4n) is 0.640. The second kappa shape index (κ2) is 4.04. The van der Waals surface area contributed by atoms with Crippen LogP contribution in [0.25, 0.3) is 0 Å². The van der Waals surface area contributed by atoms with Crippen LogP contribution in [0.1, 0.15) is 13.8 Å². The van der Waals surface area contributed by atoms with Gasteiger partial charge in [0.25, 0.3) is 0 Å². The van der Waals surface area contributed by atoms with Crippen molar-refractivity contribution < 1.29 is 13.5 Å². The molecule has 0 aliphatic rings. The predicted molar refractivity (Wildman–Crippen MR) is 43.7 cm³/mol. The fourth-order valence-corrected chi connectivity index (χ4v) is 1.71. The number of nitrogens with one attached hydrogen (secondary N) is 1. The van der Waals surface area contributed by atoms with Gasteiger partial charge in [0.05, 0.1) is 5.25 Å². The lowest BCUT2D eigenvalue weighted by atomic mass is 10.1. The van der Waals surface area contributed by atoms with E-state index in [2.05, 4.69) is 4.72 Å². The van der Waals surface area contributed by atoms with Crippen LogP contribution in [0.5, 0.6) is 0 Å². The highest BCUT2D eigenvalue weighted by atomic mass is 32.2. The van der Waals surface area contributed by atoms with E-state index >= 15 is 0 Å². The van der Waals surface area contributed by atoms with Gasteiger partial charge in [-0.1, -0.05) is 6.92 Å². The second-order valence-electron chi connectivity index (χ2n) is 2.61. The Morgan fingerprint density at radius 2 is 1.91 bits per heavy atom. The van der Waals surface area contributed by atoms with Crippen molar-refractivity contribution in [2.45, 2.75) is 19.1 Å². The zero-order valence-corrected chi connectivity index (χ0v) is 7.85. The van der Waals surface area contributed by atoms with E-state index in [-0.39, 0.29) is 12.5 Å². The molecule has 0 aromatic heterocycles. The first kappa shape index (κ1) is 10.9. The van der Waals surface area contributed by atoms with Crippen LogP contribution in [0.3, 0.4) is 0 Å². The predicted octanol–water partition coefficient (Wildman–Crippen LogP) is -0.447. The van der Waals surface area contributed by atoms with Crippen molar-refractivity contribution in [3.8, 4) is 0 Å². The Labute approximate surface area is 67.7 Å². The van der Waals surface area contributed by atoms with Crippen molar-refractivity contribution in [1.29, 1.82) is 0 Å². The van der Waals surface area contributed by atoms with E-state index in [1.165, 1.54) is 7.05 Å². The number of aliphatic hydroxyl groups is 1. The molecule has 2 atom stereocenters. The lowest BCUT2D eigenvalue weighted by Crippen LogP contribution is -2.35. The van der Waals surface area contributed by atoms with Crippen LogP contribution in [0.2, 0.25) is 0 Å². The van der Waals surface area contributed by atoms with Gasteiger partial charge < -0.3 is 5.11 Å². The Morgan fingerprint density at radius 3 is 2.18 bits per heavy atom. The maximum absolute atomic E-state index is 11.1. The molecule has 0 spiro atoms. The molecule has 0 saturated carbocycles. The highest BCUT2D eigenvalue weighted by molar-refractivity contribution is 7.90. The third-order valence-electron chi connectivity index (χ3n) is 1.86. The van der Waals surface area contributed by atoms with Gasteiger partial charge in [0.2, 0.25) is 10.0 Å². The summed E-state index contributed by atoms with van der Waals surface area (Å²) in [6.07, 6.45) is 0. The lowest BCUT2D eigenvalue weighted by molar-refractivity contribution is 0.235. The molecule has 5 heteroatoms. The van der Waals surface area contributed by atoms with Gasteiger partial charge in [0, 0.05) is 6.61 Å². The average Bonchev–Trinajstić information content (AvgIpc) is 2.01. The topological polar surface area (TPSA) is 66.4 Å². The van der Waals surface area contributed by atoms with Gasteiger partial charge in [-0.25, -0.2) is 13.1 Å². The monoisotopic (exact) mass is 181 g/mol. The van der Waals surface area contributed by atoms with Crippen molar-refractivity contribution in [2.24, 2.45) is 5.92 Å². The van der Waals surface area contributed by atoms with E-state index in [1.807, 2.05) is 0 Å². The van der Waals surface area contributed by atoms with Crippen LogP contribution in [-0.2, 0) is 10.0 Å². The molecule has 11 heavy (non-hydrogen) atoms. The molecule has 0 bridgehead atoms. The third kappa shape index (κ3) is 2.76. The summed E-state index contributed by atoms with van der Waals surface area (Å²) in [7, 11) is -1.85. The van der Waals surface area contributed by atoms with Crippen molar-refractivity contribution in [3.63, 3.8) is 0 Å². The van der Waals surface area contributed by atoms with Gasteiger partial charge in [0.1, 0.15) is 0 Å².